The predicted molar refractivity (Wildman–Crippen MR) is 93.1 cm³/mol. The number of hydrogen-bond acceptors (Lipinski definition) is 4. The van der Waals surface area contributed by atoms with Gasteiger partial charge in [0, 0.05) is 19.7 Å². The molecule has 24 heavy (non-hydrogen) atoms. The van der Waals surface area contributed by atoms with Crippen LogP contribution in [-0.2, 0) is 17.9 Å². The van der Waals surface area contributed by atoms with Gasteiger partial charge in [-0.2, -0.15) is 0 Å². The second kappa shape index (κ2) is 7.53. The van der Waals surface area contributed by atoms with E-state index in [2.05, 4.69) is 34.3 Å². The third-order valence-electron chi connectivity index (χ3n) is 4.52. The van der Waals surface area contributed by atoms with Crippen molar-refractivity contribution in [2.75, 3.05) is 6.54 Å². The van der Waals surface area contributed by atoms with Crippen LogP contribution >= 0.6 is 0 Å². The SMILES string of the molecule is CC(=O)NCc1cccc(C2CCCN2Cc2ncccc2C)n1. The van der Waals surface area contributed by atoms with Gasteiger partial charge in [0.25, 0.3) is 0 Å². The summed E-state index contributed by atoms with van der Waals surface area (Å²) >= 11 is 0. The number of pyridine rings is 2. The van der Waals surface area contributed by atoms with E-state index in [9.17, 15) is 4.79 Å². The summed E-state index contributed by atoms with van der Waals surface area (Å²) in [5, 5.41) is 2.81. The Balaban J connectivity index is 1.74. The monoisotopic (exact) mass is 324 g/mol. The zero-order valence-corrected chi connectivity index (χ0v) is 14.3. The molecule has 1 amide bonds. The van der Waals surface area contributed by atoms with Gasteiger partial charge in [-0.3, -0.25) is 19.7 Å². The van der Waals surface area contributed by atoms with E-state index in [0.29, 0.717) is 12.6 Å². The molecule has 1 saturated heterocycles. The molecule has 1 atom stereocenters. The zero-order valence-electron chi connectivity index (χ0n) is 14.3. The first-order valence-electron chi connectivity index (χ1n) is 8.48. The fourth-order valence-electron chi connectivity index (χ4n) is 3.22. The molecule has 2 aromatic rings. The van der Waals surface area contributed by atoms with Crippen molar-refractivity contribution in [3.63, 3.8) is 0 Å². The third kappa shape index (κ3) is 3.97. The van der Waals surface area contributed by atoms with E-state index in [1.54, 1.807) is 0 Å². The normalized spacial score (nSPS) is 17.8. The number of nitrogens with zero attached hydrogens (tertiary/aromatic N) is 3. The average molecular weight is 324 g/mol. The summed E-state index contributed by atoms with van der Waals surface area (Å²) in [4.78, 5) is 22.8. The van der Waals surface area contributed by atoms with Gasteiger partial charge in [-0.25, -0.2) is 0 Å². The number of rotatable bonds is 5. The van der Waals surface area contributed by atoms with Gasteiger partial charge in [0.1, 0.15) is 0 Å². The molecular weight excluding hydrogens is 300 g/mol. The molecular formula is C19H24N4O. The Morgan fingerprint density at radius 1 is 1.33 bits per heavy atom. The molecule has 5 nitrogen and oxygen atoms in total. The van der Waals surface area contributed by atoms with E-state index >= 15 is 0 Å². The van der Waals surface area contributed by atoms with Gasteiger partial charge in [-0.15, -0.1) is 0 Å². The first kappa shape index (κ1) is 16.6. The molecule has 1 fully saturated rings. The summed E-state index contributed by atoms with van der Waals surface area (Å²) in [6, 6.07) is 10.5. The van der Waals surface area contributed by atoms with Crippen molar-refractivity contribution in [1.82, 2.24) is 20.2 Å². The number of carbonyl (C=O) groups excluding carboxylic acids is 1. The van der Waals surface area contributed by atoms with Crippen molar-refractivity contribution in [3.8, 4) is 0 Å². The van der Waals surface area contributed by atoms with Crippen LogP contribution in [0.25, 0.3) is 0 Å². The van der Waals surface area contributed by atoms with Crippen molar-refractivity contribution in [1.29, 1.82) is 0 Å². The third-order valence-corrected chi connectivity index (χ3v) is 4.52. The zero-order chi connectivity index (χ0) is 16.9. The molecule has 3 rings (SSSR count). The first-order valence-corrected chi connectivity index (χ1v) is 8.48. The predicted octanol–water partition coefficient (Wildman–Crippen LogP) is 2.76. The summed E-state index contributed by atoms with van der Waals surface area (Å²) in [7, 11) is 0. The maximum Gasteiger partial charge on any atom is 0.217 e. The lowest BCUT2D eigenvalue weighted by molar-refractivity contribution is -0.119. The number of likely N-dealkylation sites (tertiary alicyclic amines) is 1. The van der Waals surface area contributed by atoms with Crippen molar-refractivity contribution >= 4 is 5.91 Å². The highest BCUT2D eigenvalue weighted by Crippen LogP contribution is 2.32. The number of hydrogen-bond donors (Lipinski definition) is 1. The van der Waals surface area contributed by atoms with Crippen LogP contribution in [0.4, 0.5) is 0 Å². The fourth-order valence-corrected chi connectivity index (χ4v) is 3.22. The Morgan fingerprint density at radius 2 is 2.21 bits per heavy atom. The molecule has 1 N–H and O–H groups in total. The van der Waals surface area contributed by atoms with E-state index in [1.807, 2.05) is 24.4 Å². The number of aromatic nitrogens is 2. The number of nitrogens with one attached hydrogen (secondary N) is 1. The standard InChI is InChI=1S/C19H24N4O/c1-14-6-4-10-20-18(14)13-23-11-5-9-19(23)17-8-3-7-16(22-17)12-21-15(2)24/h3-4,6-8,10,19H,5,9,11-13H2,1-2H3,(H,21,24). The minimum Gasteiger partial charge on any atom is -0.351 e. The molecule has 1 aliphatic rings. The lowest BCUT2D eigenvalue weighted by Gasteiger charge is -2.24. The van der Waals surface area contributed by atoms with Crippen molar-refractivity contribution in [3.05, 3.63) is 59.2 Å². The van der Waals surface area contributed by atoms with Gasteiger partial charge in [0.15, 0.2) is 0 Å². The second-order valence-electron chi connectivity index (χ2n) is 6.36. The van der Waals surface area contributed by atoms with Crippen LogP contribution in [0.1, 0.15) is 48.5 Å². The minimum absolute atomic E-state index is 0.0321. The van der Waals surface area contributed by atoms with E-state index in [1.165, 1.54) is 18.9 Å². The van der Waals surface area contributed by atoms with Gasteiger partial charge in [0.05, 0.1) is 29.7 Å². The summed E-state index contributed by atoms with van der Waals surface area (Å²) in [6.07, 6.45) is 4.15. The van der Waals surface area contributed by atoms with Gasteiger partial charge >= 0.3 is 0 Å². The van der Waals surface area contributed by atoms with Crippen LogP contribution < -0.4 is 5.32 Å². The topological polar surface area (TPSA) is 58.1 Å². The molecule has 126 valence electrons. The first-order chi connectivity index (χ1) is 11.6. The molecule has 2 aromatic heterocycles. The highest BCUT2D eigenvalue weighted by Gasteiger charge is 2.27. The van der Waals surface area contributed by atoms with Crippen LogP contribution in [0.3, 0.4) is 0 Å². The Bertz CT molecular complexity index is 716. The highest BCUT2D eigenvalue weighted by atomic mass is 16.1. The van der Waals surface area contributed by atoms with E-state index in [4.69, 9.17) is 4.98 Å². The van der Waals surface area contributed by atoms with Gasteiger partial charge in [-0.05, 0) is 50.1 Å². The van der Waals surface area contributed by atoms with Crippen LogP contribution in [-0.4, -0.2) is 27.3 Å². The molecule has 1 unspecified atom stereocenters. The molecule has 0 bridgehead atoms. The van der Waals surface area contributed by atoms with Crippen LogP contribution in [0.5, 0.6) is 0 Å². The maximum atomic E-state index is 11.1. The highest BCUT2D eigenvalue weighted by molar-refractivity contribution is 5.72. The summed E-state index contributed by atoms with van der Waals surface area (Å²) < 4.78 is 0. The van der Waals surface area contributed by atoms with Crippen LogP contribution in [0, 0.1) is 6.92 Å². The smallest absolute Gasteiger partial charge is 0.217 e. The Morgan fingerprint density at radius 3 is 3.00 bits per heavy atom. The molecule has 0 aromatic carbocycles. The Labute approximate surface area is 143 Å². The summed E-state index contributed by atoms with van der Waals surface area (Å²) in [5.74, 6) is -0.0321. The van der Waals surface area contributed by atoms with E-state index < -0.39 is 0 Å². The lowest BCUT2D eigenvalue weighted by Crippen LogP contribution is -2.25. The Kier molecular flexibility index (Phi) is 5.20. The largest absolute Gasteiger partial charge is 0.351 e. The molecule has 5 heteroatoms. The molecule has 3 heterocycles. The average Bonchev–Trinajstić information content (AvgIpc) is 3.03. The number of amides is 1. The fraction of sp³-hybridized carbons (Fsp3) is 0.421. The van der Waals surface area contributed by atoms with Crippen LogP contribution in [0.15, 0.2) is 36.5 Å². The lowest BCUT2D eigenvalue weighted by atomic mass is 10.1. The maximum absolute atomic E-state index is 11.1. The molecule has 0 radical (unpaired) electrons. The van der Waals surface area contributed by atoms with E-state index in [-0.39, 0.29) is 5.91 Å². The Hall–Kier alpha value is -2.27. The van der Waals surface area contributed by atoms with Gasteiger partial charge in [-0.1, -0.05) is 12.1 Å². The molecule has 0 saturated carbocycles. The minimum atomic E-state index is -0.0321. The van der Waals surface area contributed by atoms with E-state index in [0.717, 1.165) is 36.6 Å². The van der Waals surface area contributed by atoms with Gasteiger partial charge in [0.2, 0.25) is 5.91 Å². The van der Waals surface area contributed by atoms with Crippen molar-refractivity contribution < 1.29 is 4.79 Å². The molecule has 0 aliphatic carbocycles. The van der Waals surface area contributed by atoms with Crippen molar-refractivity contribution in [2.24, 2.45) is 0 Å². The quantitative estimate of drug-likeness (QED) is 0.919. The summed E-state index contributed by atoms with van der Waals surface area (Å²) in [5.41, 5.74) is 4.36. The van der Waals surface area contributed by atoms with Gasteiger partial charge < -0.3 is 5.32 Å². The van der Waals surface area contributed by atoms with Crippen molar-refractivity contribution in [2.45, 2.75) is 45.8 Å². The molecule has 0 spiro atoms. The number of carbonyl (C=O) groups is 1. The van der Waals surface area contributed by atoms with Crippen LogP contribution in [0.2, 0.25) is 0 Å². The molecule has 1 aliphatic heterocycles. The number of aryl methyl sites for hydroxylation is 1. The second-order valence-corrected chi connectivity index (χ2v) is 6.36. The summed E-state index contributed by atoms with van der Waals surface area (Å²) in [6.45, 7) is 6.04.